The zero-order chi connectivity index (χ0) is 32.2. The molecular formula is C34H31FN6O3S2. The van der Waals surface area contributed by atoms with Gasteiger partial charge in [0.05, 0.1) is 41.7 Å². The van der Waals surface area contributed by atoms with E-state index < -0.39 is 11.7 Å². The lowest BCUT2D eigenvalue weighted by molar-refractivity contribution is -0.130. The molecule has 0 saturated heterocycles. The summed E-state index contributed by atoms with van der Waals surface area (Å²) in [5.41, 5.74) is 4.88. The van der Waals surface area contributed by atoms with E-state index in [1.54, 1.807) is 29.5 Å². The lowest BCUT2D eigenvalue weighted by Gasteiger charge is -2.22. The van der Waals surface area contributed by atoms with Crippen LogP contribution in [0.4, 0.5) is 4.39 Å². The Labute approximate surface area is 274 Å². The summed E-state index contributed by atoms with van der Waals surface area (Å²) in [4.78, 5) is 27.7. The van der Waals surface area contributed by atoms with Crippen LogP contribution in [0.2, 0.25) is 0 Å². The van der Waals surface area contributed by atoms with E-state index in [1.165, 1.54) is 30.0 Å². The van der Waals surface area contributed by atoms with Crippen LogP contribution in [0, 0.1) is 19.7 Å². The number of aromatic nitrogens is 3. The molecule has 9 nitrogen and oxygen atoms in total. The molecule has 1 aliphatic heterocycles. The molecule has 46 heavy (non-hydrogen) atoms. The highest BCUT2D eigenvalue weighted by Gasteiger charge is 2.34. The number of nitrogens with one attached hydrogen (secondary N) is 1. The van der Waals surface area contributed by atoms with Gasteiger partial charge in [-0.3, -0.25) is 14.2 Å². The number of aryl methyl sites for hydroxylation is 2. The maximum Gasteiger partial charge on any atom is 0.253 e. The van der Waals surface area contributed by atoms with Gasteiger partial charge in [-0.15, -0.1) is 21.5 Å². The Morgan fingerprint density at radius 1 is 1.04 bits per heavy atom. The van der Waals surface area contributed by atoms with Gasteiger partial charge in [-0.1, -0.05) is 48.2 Å². The third-order valence-corrected chi connectivity index (χ3v) is 9.43. The van der Waals surface area contributed by atoms with E-state index in [1.807, 2.05) is 78.4 Å². The van der Waals surface area contributed by atoms with E-state index in [0.29, 0.717) is 17.4 Å². The van der Waals surface area contributed by atoms with Gasteiger partial charge in [0.25, 0.3) is 11.8 Å². The fourth-order valence-corrected chi connectivity index (χ4v) is 6.75. The molecule has 12 heteroatoms. The van der Waals surface area contributed by atoms with Gasteiger partial charge in [0, 0.05) is 12.0 Å². The van der Waals surface area contributed by atoms with Crippen molar-refractivity contribution in [2.75, 3.05) is 12.9 Å². The van der Waals surface area contributed by atoms with Gasteiger partial charge in [-0.25, -0.2) is 9.40 Å². The largest absolute Gasteiger partial charge is 0.497 e. The van der Waals surface area contributed by atoms with E-state index in [4.69, 9.17) is 9.84 Å². The molecule has 0 aliphatic carbocycles. The maximum absolute atomic E-state index is 13.8. The Kier molecular flexibility index (Phi) is 9.27. The molecule has 0 unspecified atom stereocenters. The summed E-state index contributed by atoms with van der Waals surface area (Å²) in [6.45, 7) is 4.02. The first-order valence-electron chi connectivity index (χ1n) is 14.6. The molecule has 0 bridgehead atoms. The summed E-state index contributed by atoms with van der Waals surface area (Å²) < 4.78 is 20.9. The normalized spacial score (nSPS) is 14.3. The molecule has 3 aromatic carbocycles. The molecular weight excluding hydrogens is 624 g/mol. The number of methoxy groups -OCH3 is 1. The molecule has 2 aromatic heterocycles. The highest BCUT2D eigenvalue weighted by atomic mass is 32.2. The van der Waals surface area contributed by atoms with Crippen molar-refractivity contribution in [1.29, 1.82) is 0 Å². The first-order chi connectivity index (χ1) is 22.3. The molecule has 1 aliphatic rings. The predicted octanol–water partition coefficient (Wildman–Crippen LogP) is 6.49. The quantitative estimate of drug-likeness (QED) is 0.173. The lowest BCUT2D eigenvalue weighted by Crippen LogP contribution is -2.28. The average Bonchev–Trinajstić information content (AvgIpc) is 3.84. The van der Waals surface area contributed by atoms with Crippen LogP contribution in [0.25, 0.3) is 5.69 Å². The highest BCUT2D eigenvalue weighted by Crippen LogP contribution is 2.35. The minimum absolute atomic E-state index is 0.0460. The molecule has 0 spiro atoms. The first-order valence-corrected chi connectivity index (χ1v) is 16.4. The zero-order valence-electron chi connectivity index (χ0n) is 25.4. The number of thioether (sulfide) groups is 1. The topological polar surface area (TPSA) is 102 Å². The van der Waals surface area contributed by atoms with Crippen LogP contribution >= 0.6 is 23.1 Å². The van der Waals surface area contributed by atoms with Crippen LogP contribution < -0.4 is 10.1 Å². The number of rotatable bonds is 10. The number of halogens is 1. The number of nitrogens with zero attached hydrogens (tertiary/aromatic N) is 5. The summed E-state index contributed by atoms with van der Waals surface area (Å²) in [5.74, 6) is 0.179. The van der Waals surface area contributed by atoms with Crippen LogP contribution in [-0.4, -0.2) is 50.2 Å². The molecule has 1 N–H and O–H groups in total. The van der Waals surface area contributed by atoms with Crippen molar-refractivity contribution in [2.45, 2.75) is 38.0 Å². The van der Waals surface area contributed by atoms with Gasteiger partial charge in [-0.05, 0) is 78.4 Å². The number of carbonyl (C=O) groups excluding carboxylic acids is 2. The number of hydrogen-bond acceptors (Lipinski definition) is 8. The number of benzene rings is 3. The molecule has 1 atom stereocenters. The number of hydrazone groups is 1. The van der Waals surface area contributed by atoms with Crippen molar-refractivity contribution in [2.24, 2.45) is 5.10 Å². The number of thiophene rings is 1. The van der Waals surface area contributed by atoms with E-state index >= 15 is 0 Å². The third kappa shape index (κ3) is 6.73. The molecule has 0 saturated carbocycles. The molecule has 5 aromatic rings. The van der Waals surface area contributed by atoms with Crippen molar-refractivity contribution in [3.05, 3.63) is 123 Å². The van der Waals surface area contributed by atoms with Gasteiger partial charge in [0.2, 0.25) is 0 Å². The van der Waals surface area contributed by atoms with Gasteiger partial charge < -0.3 is 10.1 Å². The summed E-state index contributed by atoms with van der Waals surface area (Å²) in [5, 5.41) is 20.5. The maximum atomic E-state index is 13.8. The minimum Gasteiger partial charge on any atom is -0.497 e. The first kappa shape index (κ1) is 31.2. The fraction of sp³-hybridized carbons (Fsp3) is 0.206. The SMILES string of the molecule is COc1ccc([C@H]2CC(c3cccs3)=NN2C(=O)CSc2nnc(CNC(=O)c3cccc(F)c3)n2-c2cc(C)ccc2C)cc1. The summed E-state index contributed by atoms with van der Waals surface area (Å²) >= 11 is 2.85. The Morgan fingerprint density at radius 3 is 2.61 bits per heavy atom. The van der Waals surface area contributed by atoms with Crippen molar-refractivity contribution in [1.82, 2.24) is 25.1 Å². The summed E-state index contributed by atoms with van der Waals surface area (Å²) in [7, 11) is 1.62. The second-order valence-electron chi connectivity index (χ2n) is 10.8. The molecule has 6 rings (SSSR count). The number of amides is 2. The fourth-order valence-electron chi connectivity index (χ4n) is 5.21. The van der Waals surface area contributed by atoms with E-state index in [2.05, 4.69) is 15.5 Å². The standard InChI is InChI=1S/C34H31FN6O3S2/c1-21-9-10-22(2)28(16-21)40-31(19-36-33(43)24-6-4-7-25(35)17-24)37-38-34(40)46-20-32(42)41-29(23-11-13-26(44-3)14-12-23)18-27(39-41)30-8-5-15-45-30/h4-17,29H,18-20H2,1-3H3,(H,36,43)/t29-/m1/s1. The van der Waals surface area contributed by atoms with Crippen LogP contribution in [-0.2, 0) is 11.3 Å². The Morgan fingerprint density at radius 2 is 1.87 bits per heavy atom. The Balaban J connectivity index is 1.26. The van der Waals surface area contributed by atoms with Gasteiger partial charge in [0.15, 0.2) is 11.0 Å². The van der Waals surface area contributed by atoms with E-state index in [0.717, 1.165) is 38.7 Å². The average molecular weight is 655 g/mol. The summed E-state index contributed by atoms with van der Waals surface area (Å²) in [6, 6.07) is 23.0. The van der Waals surface area contributed by atoms with E-state index in [-0.39, 0.29) is 29.8 Å². The summed E-state index contributed by atoms with van der Waals surface area (Å²) in [6.07, 6.45) is 0.594. The second kappa shape index (κ2) is 13.7. The minimum atomic E-state index is -0.492. The van der Waals surface area contributed by atoms with E-state index in [9.17, 15) is 14.0 Å². The van der Waals surface area contributed by atoms with Crippen molar-refractivity contribution < 1.29 is 18.7 Å². The second-order valence-corrected chi connectivity index (χ2v) is 12.7. The predicted molar refractivity (Wildman–Crippen MR) is 177 cm³/mol. The van der Waals surface area contributed by atoms with Crippen molar-refractivity contribution in [3.8, 4) is 11.4 Å². The number of hydrogen-bond donors (Lipinski definition) is 1. The molecule has 3 heterocycles. The molecule has 234 valence electrons. The molecule has 0 fully saturated rings. The van der Waals surface area contributed by atoms with Crippen LogP contribution in [0.1, 0.15) is 50.2 Å². The number of carbonyl (C=O) groups is 2. The van der Waals surface area contributed by atoms with Gasteiger partial charge in [-0.2, -0.15) is 5.10 Å². The van der Waals surface area contributed by atoms with Gasteiger partial charge >= 0.3 is 0 Å². The smallest absolute Gasteiger partial charge is 0.253 e. The molecule has 0 radical (unpaired) electrons. The monoisotopic (exact) mass is 654 g/mol. The lowest BCUT2D eigenvalue weighted by atomic mass is 10.0. The van der Waals surface area contributed by atoms with Gasteiger partial charge in [0.1, 0.15) is 11.6 Å². The third-order valence-electron chi connectivity index (χ3n) is 7.60. The zero-order valence-corrected chi connectivity index (χ0v) is 27.1. The van der Waals surface area contributed by atoms with Crippen molar-refractivity contribution in [3.63, 3.8) is 0 Å². The van der Waals surface area contributed by atoms with Crippen LogP contribution in [0.15, 0.2) is 94.5 Å². The highest BCUT2D eigenvalue weighted by molar-refractivity contribution is 7.99. The number of ether oxygens (including phenoxy) is 1. The molecule has 2 amide bonds. The van der Waals surface area contributed by atoms with Crippen LogP contribution in [0.3, 0.4) is 0 Å². The Hall–Kier alpha value is -4.81. The van der Waals surface area contributed by atoms with Crippen molar-refractivity contribution >= 4 is 40.6 Å². The van der Waals surface area contributed by atoms with Crippen LogP contribution in [0.5, 0.6) is 5.75 Å². The Bertz CT molecular complexity index is 1910.